The molecule has 1 aliphatic heterocycles. The van der Waals surface area contributed by atoms with Gasteiger partial charge in [0.05, 0.1) is 10.9 Å². The van der Waals surface area contributed by atoms with Gasteiger partial charge in [-0.05, 0) is 15.9 Å². The second-order valence-corrected chi connectivity index (χ2v) is 7.53. The van der Waals surface area contributed by atoms with Gasteiger partial charge in [-0.1, -0.05) is 0 Å². The van der Waals surface area contributed by atoms with Gasteiger partial charge in [-0.15, -0.1) is 0 Å². The van der Waals surface area contributed by atoms with E-state index in [1.54, 1.807) is 0 Å². The van der Waals surface area contributed by atoms with Crippen LogP contribution >= 0.6 is 15.9 Å². The maximum atomic E-state index is 12.1. The molecule has 0 spiro atoms. The van der Waals surface area contributed by atoms with Gasteiger partial charge >= 0.3 is 17.9 Å². The van der Waals surface area contributed by atoms with Crippen LogP contribution in [0.1, 0.15) is 26.3 Å². The molecule has 3 rings (SSSR count). The van der Waals surface area contributed by atoms with Gasteiger partial charge in [0.25, 0.3) is 5.72 Å². The summed E-state index contributed by atoms with van der Waals surface area (Å²) in [7, 11) is 0. The number of nitrogens with zero attached hydrogens (tertiary/aromatic N) is 3. The number of hydrogen-bond acceptors (Lipinski definition) is 10. The van der Waals surface area contributed by atoms with Crippen LogP contribution in [-0.4, -0.2) is 57.9 Å². The minimum atomic E-state index is -1.75. The summed E-state index contributed by atoms with van der Waals surface area (Å²) in [6.07, 6.45) is -0.974. The molecular weight excluding hydrogens is 478 g/mol. The highest BCUT2D eigenvalue weighted by atomic mass is 79.9. The van der Waals surface area contributed by atoms with Crippen LogP contribution in [0, 0.1) is 16.7 Å². The molecule has 2 aromatic heterocycles. The number of fused-ring (bicyclic) bond motifs is 1. The van der Waals surface area contributed by atoms with Gasteiger partial charge in [0.2, 0.25) is 0 Å². The summed E-state index contributed by atoms with van der Waals surface area (Å²) in [4.78, 5) is 42.1. The minimum absolute atomic E-state index is 0.124. The normalized spacial score (nSPS) is 22.7. The number of H-pyrrole nitrogens is 1. The topological polar surface area (TPSA) is 169 Å². The zero-order valence-corrected chi connectivity index (χ0v) is 18.3. The van der Waals surface area contributed by atoms with E-state index < -0.39 is 35.8 Å². The van der Waals surface area contributed by atoms with Crippen LogP contribution in [0.3, 0.4) is 0 Å². The molecule has 1 fully saturated rings. The first-order valence-electron chi connectivity index (χ1n) is 8.96. The van der Waals surface area contributed by atoms with Crippen molar-refractivity contribution in [2.24, 2.45) is 0 Å². The van der Waals surface area contributed by atoms with Gasteiger partial charge in [0.15, 0.2) is 11.6 Å². The highest BCUT2D eigenvalue weighted by molar-refractivity contribution is 9.10. The summed E-state index contributed by atoms with van der Waals surface area (Å²) in [6, 6.07) is 1.98. The van der Waals surface area contributed by atoms with E-state index in [0.29, 0.717) is 0 Å². The maximum absolute atomic E-state index is 12.1. The predicted octanol–water partition coefficient (Wildman–Crippen LogP) is 0.588. The lowest BCUT2D eigenvalue weighted by molar-refractivity contribution is -0.196. The van der Waals surface area contributed by atoms with Crippen LogP contribution < -0.4 is 5.49 Å². The number of carbonyl (C=O) groups excluding carboxylic acids is 3. The molecule has 1 saturated heterocycles. The lowest BCUT2D eigenvalue weighted by Crippen LogP contribution is -2.52. The Morgan fingerprint density at radius 2 is 2.10 bits per heavy atom. The van der Waals surface area contributed by atoms with Gasteiger partial charge < -0.3 is 23.9 Å². The second-order valence-electron chi connectivity index (χ2n) is 6.73. The van der Waals surface area contributed by atoms with E-state index >= 15 is 0 Å². The van der Waals surface area contributed by atoms with Gasteiger partial charge in [0, 0.05) is 20.8 Å². The number of halogens is 1. The molecule has 1 unspecified atom stereocenters. The van der Waals surface area contributed by atoms with Gasteiger partial charge in [0.1, 0.15) is 42.0 Å². The first-order valence-corrected chi connectivity index (χ1v) is 9.75. The zero-order chi connectivity index (χ0) is 22.9. The van der Waals surface area contributed by atoms with Crippen molar-refractivity contribution in [2.45, 2.75) is 38.7 Å². The average molecular weight is 496 g/mol. The number of ether oxygens (including phenoxy) is 4. The monoisotopic (exact) mass is 495 g/mol. The number of nitrogens with one attached hydrogen (secondary N) is 2. The quantitative estimate of drug-likeness (QED) is 0.444. The number of nitriles is 1. The Labute approximate surface area is 183 Å². The van der Waals surface area contributed by atoms with E-state index in [9.17, 15) is 19.6 Å². The largest absolute Gasteiger partial charge is 0.463 e. The van der Waals surface area contributed by atoms with Gasteiger partial charge in [-0.2, -0.15) is 5.26 Å². The Morgan fingerprint density at radius 3 is 2.68 bits per heavy atom. The summed E-state index contributed by atoms with van der Waals surface area (Å²) in [5, 5.41) is 17.8. The summed E-state index contributed by atoms with van der Waals surface area (Å²) in [5.41, 5.74) is -1.61. The molecule has 0 radical (unpaired) electrons. The van der Waals surface area contributed by atoms with E-state index in [4.69, 9.17) is 24.4 Å². The van der Waals surface area contributed by atoms with Crippen LogP contribution in [0.5, 0.6) is 0 Å². The molecule has 2 aromatic rings. The molecule has 13 heteroatoms. The number of rotatable bonds is 5. The molecule has 12 nitrogen and oxygen atoms in total. The predicted molar refractivity (Wildman–Crippen MR) is 104 cm³/mol. The van der Waals surface area contributed by atoms with Crippen molar-refractivity contribution in [3.05, 3.63) is 22.0 Å². The smallest absolute Gasteiger partial charge is 0.304 e. The molecular formula is C18H18BrN5O7. The Hall–Kier alpha value is -3.24. The van der Waals surface area contributed by atoms with Crippen molar-refractivity contribution >= 4 is 44.9 Å². The molecule has 0 amide bonds. The summed E-state index contributed by atoms with van der Waals surface area (Å²) >= 11 is 3.24. The number of esters is 3. The molecule has 0 aromatic carbocycles. The third kappa shape index (κ3) is 4.04. The fraction of sp³-hybridized carbons (Fsp3) is 0.444. The molecule has 3 atom stereocenters. The van der Waals surface area contributed by atoms with Crippen LogP contribution in [0.2, 0.25) is 0 Å². The minimum Gasteiger partial charge on any atom is -0.463 e. The second kappa shape index (κ2) is 8.48. The number of aromatic nitrogens is 3. The first kappa shape index (κ1) is 22.4. The summed E-state index contributed by atoms with van der Waals surface area (Å²) in [5.74, 6) is -1.97. The Bertz CT molecular complexity index is 1170. The van der Waals surface area contributed by atoms with Crippen LogP contribution in [0.25, 0.3) is 11.0 Å². The molecule has 0 saturated carbocycles. The van der Waals surface area contributed by atoms with Crippen molar-refractivity contribution in [3.63, 3.8) is 0 Å². The van der Waals surface area contributed by atoms with Crippen molar-refractivity contribution in [1.29, 1.82) is 10.7 Å². The number of aromatic amines is 1. The number of carbonyl (C=O) groups is 3. The van der Waals surface area contributed by atoms with Crippen LogP contribution in [0.4, 0.5) is 0 Å². The Morgan fingerprint density at radius 1 is 1.39 bits per heavy atom. The first-order chi connectivity index (χ1) is 14.6. The van der Waals surface area contributed by atoms with E-state index in [0.717, 1.165) is 0 Å². The van der Waals surface area contributed by atoms with Crippen molar-refractivity contribution < 1.29 is 33.3 Å². The van der Waals surface area contributed by atoms with Crippen molar-refractivity contribution in [3.8, 4) is 6.07 Å². The molecule has 164 valence electrons. The summed E-state index contributed by atoms with van der Waals surface area (Å²) < 4.78 is 23.4. The van der Waals surface area contributed by atoms with E-state index in [1.807, 2.05) is 6.07 Å². The molecule has 0 bridgehead atoms. The fourth-order valence-electron chi connectivity index (χ4n) is 3.46. The molecule has 1 aliphatic rings. The Kier molecular flexibility index (Phi) is 6.14. The third-order valence-electron chi connectivity index (χ3n) is 4.58. The van der Waals surface area contributed by atoms with Gasteiger partial charge in [-0.25, -0.2) is 4.98 Å². The fourth-order valence-corrected chi connectivity index (χ4v) is 3.93. The highest BCUT2D eigenvalue weighted by Gasteiger charge is 2.57. The molecule has 31 heavy (non-hydrogen) atoms. The highest BCUT2D eigenvalue weighted by Crippen LogP contribution is 2.38. The third-order valence-corrected chi connectivity index (χ3v) is 5.18. The average Bonchev–Trinajstić information content (AvgIpc) is 3.18. The summed E-state index contributed by atoms with van der Waals surface area (Å²) in [6.45, 7) is 3.01. The van der Waals surface area contributed by atoms with Gasteiger partial charge in [-0.3, -0.25) is 24.4 Å². The van der Waals surface area contributed by atoms with Crippen LogP contribution in [-0.2, 0) is 39.1 Å². The van der Waals surface area contributed by atoms with Crippen LogP contribution in [0.15, 0.2) is 10.9 Å². The number of hydrogen-bond donors (Lipinski definition) is 2. The zero-order valence-electron chi connectivity index (χ0n) is 16.7. The SMILES string of the molecule is CC(=O)OC[C@@H]1OC[C@@](OC(C)=O)(n2cnc(=N)c3c(C#N)c(Br)[nH]c32)C1OC(C)=O. The van der Waals surface area contributed by atoms with E-state index in [2.05, 4.69) is 25.9 Å². The van der Waals surface area contributed by atoms with Crippen molar-refractivity contribution in [1.82, 2.24) is 14.5 Å². The standard InChI is InChI=1S/C18H18BrN5O7/c1-8(25)28-5-12-14(30-9(2)26)18(6-29-12,31-10(3)27)24-7-22-16(21)13-11(4-20)15(19)23-17(13)24/h7,12,14,21,23H,5-6H2,1-3H3/t12-,14?,18-/m0/s1. The lowest BCUT2D eigenvalue weighted by Gasteiger charge is -2.35. The molecule has 2 N–H and O–H groups in total. The molecule has 0 aliphatic carbocycles. The van der Waals surface area contributed by atoms with Crippen molar-refractivity contribution in [2.75, 3.05) is 13.2 Å². The molecule has 3 heterocycles. The maximum Gasteiger partial charge on any atom is 0.304 e. The van der Waals surface area contributed by atoms with E-state index in [-0.39, 0.29) is 39.9 Å². The van der Waals surface area contributed by atoms with E-state index in [1.165, 1.54) is 31.7 Å². The Balaban J connectivity index is 2.26. The lowest BCUT2D eigenvalue weighted by atomic mass is 10.0.